The van der Waals surface area contributed by atoms with Crippen LogP contribution < -0.4 is 10.6 Å². The fraction of sp³-hybridized carbons (Fsp3) is 0.429. The van der Waals surface area contributed by atoms with Gasteiger partial charge in [0.2, 0.25) is 0 Å². The molecule has 1 saturated heterocycles. The van der Waals surface area contributed by atoms with Crippen LogP contribution in [-0.4, -0.2) is 39.9 Å². The van der Waals surface area contributed by atoms with Gasteiger partial charge in [0, 0.05) is 30.4 Å². The third-order valence-corrected chi connectivity index (χ3v) is 4.90. The lowest BCUT2D eigenvalue weighted by atomic mass is 10.0. The second-order valence-electron chi connectivity index (χ2n) is 5.43. The van der Waals surface area contributed by atoms with Crippen molar-refractivity contribution < 1.29 is 0 Å². The van der Waals surface area contributed by atoms with E-state index in [1.54, 1.807) is 13.3 Å². The molecule has 0 aromatic carbocycles. The predicted molar refractivity (Wildman–Crippen MR) is 86.4 cm³/mol. The SMILES string of the molecule is CC(=N)/C(C)=C1\C(=N)Sc2c1ncnc2N1CC[C@@H](N)C1. The maximum atomic E-state index is 8.22. The molecule has 21 heavy (non-hydrogen) atoms. The van der Waals surface area contributed by atoms with Gasteiger partial charge in [0.15, 0.2) is 0 Å². The molecule has 1 aromatic rings. The van der Waals surface area contributed by atoms with E-state index >= 15 is 0 Å². The Morgan fingerprint density at radius 3 is 2.81 bits per heavy atom. The molecule has 4 N–H and O–H groups in total. The smallest absolute Gasteiger partial charge is 0.146 e. The van der Waals surface area contributed by atoms with Gasteiger partial charge in [0.25, 0.3) is 0 Å². The summed E-state index contributed by atoms with van der Waals surface area (Å²) in [7, 11) is 0. The van der Waals surface area contributed by atoms with Gasteiger partial charge in [-0.25, -0.2) is 9.97 Å². The highest BCUT2D eigenvalue weighted by molar-refractivity contribution is 8.15. The van der Waals surface area contributed by atoms with Crippen LogP contribution in [0.2, 0.25) is 0 Å². The van der Waals surface area contributed by atoms with Gasteiger partial charge in [-0.1, -0.05) is 11.8 Å². The van der Waals surface area contributed by atoms with E-state index in [0.717, 1.165) is 47.1 Å². The van der Waals surface area contributed by atoms with Crippen LogP contribution in [-0.2, 0) is 0 Å². The predicted octanol–water partition coefficient (Wildman–Crippen LogP) is 1.91. The number of anilines is 1. The molecular weight excluding hydrogens is 284 g/mol. The lowest BCUT2D eigenvalue weighted by Gasteiger charge is -2.18. The van der Waals surface area contributed by atoms with Crippen molar-refractivity contribution in [2.45, 2.75) is 31.2 Å². The Morgan fingerprint density at radius 2 is 2.19 bits per heavy atom. The lowest BCUT2D eigenvalue weighted by molar-refractivity contribution is 0.750. The van der Waals surface area contributed by atoms with E-state index in [4.69, 9.17) is 16.6 Å². The first-order chi connectivity index (χ1) is 9.99. The number of aromatic nitrogens is 2. The minimum absolute atomic E-state index is 0.182. The van der Waals surface area contributed by atoms with E-state index in [2.05, 4.69) is 14.9 Å². The minimum Gasteiger partial charge on any atom is -0.354 e. The molecule has 7 heteroatoms. The zero-order chi connectivity index (χ0) is 15.1. The van der Waals surface area contributed by atoms with Crippen molar-refractivity contribution in [3.63, 3.8) is 0 Å². The van der Waals surface area contributed by atoms with Crippen molar-refractivity contribution in [2.24, 2.45) is 5.73 Å². The number of allylic oxidation sites excluding steroid dienone is 1. The van der Waals surface area contributed by atoms with Crippen molar-refractivity contribution in [3.05, 3.63) is 17.6 Å². The van der Waals surface area contributed by atoms with E-state index < -0.39 is 0 Å². The quantitative estimate of drug-likeness (QED) is 0.724. The molecule has 2 aliphatic heterocycles. The van der Waals surface area contributed by atoms with Crippen LogP contribution in [0.1, 0.15) is 26.0 Å². The van der Waals surface area contributed by atoms with E-state index in [1.807, 2.05) is 6.92 Å². The highest BCUT2D eigenvalue weighted by Gasteiger charge is 2.32. The maximum absolute atomic E-state index is 8.22. The van der Waals surface area contributed by atoms with Crippen molar-refractivity contribution in [1.82, 2.24) is 9.97 Å². The highest BCUT2D eigenvalue weighted by atomic mass is 32.2. The van der Waals surface area contributed by atoms with Crippen LogP contribution in [0.4, 0.5) is 5.82 Å². The largest absolute Gasteiger partial charge is 0.354 e. The number of fused-ring (bicyclic) bond motifs is 1. The molecule has 2 aliphatic rings. The van der Waals surface area contributed by atoms with Crippen molar-refractivity contribution in [2.75, 3.05) is 18.0 Å². The first-order valence-corrected chi connectivity index (χ1v) is 7.69. The Hall–Kier alpha value is -1.73. The zero-order valence-electron chi connectivity index (χ0n) is 12.1. The number of thioether (sulfide) groups is 1. The van der Waals surface area contributed by atoms with Crippen molar-refractivity contribution in [3.8, 4) is 0 Å². The third kappa shape index (κ3) is 2.36. The molecule has 1 atom stereocenters. The third-order valence-electron chi connectivity index (χ3n) is 3.91. The Balaban J connectivity index is 2.10. The Bertz CT molecular complexity index is 665. The van der Waals surface area contributed by atoms with Crippen LogP contribution in [0, 0.1) is 10.8 Å². The highest BCUT2D eigenvalue weighted by Crippen LogP contribution is 2.45. The summed E-state index contributed by atoms with van der Waals surface area (Å²) in [4.78, 5) is 11.9. The van der Waals surface area contributed by atoms with Crippen LogP contribution in [0.25, 0.3) is 5.57 Å². The van der Waals surface area contributed by atoms with Gasteiger partial charge in [0.05, 0.1) is 10.6 Å². The van der Waals surface area contributed by atoms with Gasteiger partial charge in [-0.15, -0.1) is 0 Å². The molecule has 0 amide bonds. The van der Waals surface area contributed by atoms with Crippen LogP contribution >= 0.6 is 11.8 Å². The normalized spacial score (nSPS) is 23.5. The molecule has 0 saturated carbocycles. The maximum Gasteiger partial charge on any atom is 0.146 e. The van der Waals surface area contributed by atoms with Gasteiger partial charge >= 0.3 is 0 Å². The monoisotopic (exact) mass is 302 g/mol. The van der Waals surface area contributed by atoms with Gasteiger partial charge in [-0.2, -0.15) is 0 Å². The molecule has 1 fully saturated rings. The molecule has 6 nitrogen and oxygen atoms in total. The second-order valence-corrected chi connectivity index (χ2v) is 6.45. The molecule has 0 aliphatic carbocycles. The molecule has 1 aromatic heterocycles. The summed E-state index contributed by atoms with van der Waals surface area (Å²) in [6.45, 7) is 5.29. The number of nitrogens with two attached hydrogens (primary N) is 1. The number of hydrogen-bond acceptors (Lipinski definition) is 7. The average Bonchev–Trinajstić information content (AvgIpc) is 3.00. The summed E-state index contributed by atoms with van der Waals surface area (Å²) >= 11 is 1.38. The first-order valence-electron chi connectivity index (χ1n) is 6.88. The van der Waals surface area contributed by atoms with E-state index in [0.29, 0.717) is 10.8 Å². The van der Waals surface area contributed by atoms with Gasteiger partial charge in [-0.3, -0.25) is 5.41 Å². The van der Waals surface area contributed by atoms with E-state index in [-0.39, 0.29) is 6.04 Å². The number of hydrogen-bond donors (Lipinski definition) is 3. The number of rotatable bonds is 2. The molecule has 0 unspecified atom stereocenters. The summed E-state index contributed by atoms with van der Waals surface area (Å²) in [5.41, 5.74) is 8.78. The minimum atomic E-state index is 0.182. The molecule has 3 heterocycles. The number of nitrogens with one attached hydrogen (secondary N) is 2. The topological polar surface area (TPSA) is 103 Å². The van der Waals surface area contributed by atoms with E-state index in [9.17, 15) is 0 Å². The van der Waals surface area contributed by atoms with Crippen LogP contribution in [0.3, 0.4) is 0 Å². The van der Waals surface area contributed by atoms with Gasteiger partial charge in [-0.05, 0) is 25.8 Å². The summed E-state index contributed by atoms with van der Waals surface area (Å²) in [5, 5.41) is 16.5. The summed E-state index contributed by atoms with van der Waals surface area (Å²) in [6, 6.07) is 0.182. The summed E-state index contributed by atoms with van der Waals surface area (Å²) < 4.78 is 0. The van der Waals surface area contributed by atoms with Crippen molar-refractivity contribution >= 4 is 33.9 Å². The van der Waals surface area contributed by atoms with Crippen molar-refractivity contribution in [1.29, 1.82) is 10.8 Å². The molecule has 0 radical (unpaired) electrons. The Morgan fingerprint density at radius 1 is 1.43 bits per heavy atom. The summed E-state index contributed by atoms with van der Waals surface area (Å²) in [6.07, 6.45) is 2.51. The molecule has 0 spiro atoms. The van der Waals surface area contributed by atoms with Crippen LogP contribution in [0.5, 0.6) is 0 Å². The van der Waals surface area contributed by atoms with Gasteiger partial charge in [0.1, 0.15) is 17.2 Å². The average molecular weight is 302 g/mol. The standard InChI is InChI=1S/C14H18N6S/c1-7(8(2)15)10-11-12(21-13(10)17)14(19-6-18-11)20-4-3-9(16)5-20/h6,9,15,17H,3-5,16H2,1-2H3/b10-7-,15-8?,17-13?/t9-/m1/s1. The molecule has 0 bridgehead atoms. The molecule has 3 rings (SSSR count). The fourth-order valence-electron chi connectivity index (χ4n) is 2.64. The Labute approximate surface area is 127 Å². The van der Waals surface area contributed by atoms with Gasteiger partial charge < -0.3 is 16.0 Å². The Kier molecular flexibility index (Phi) is 3.54. The van der Waals surface area contributed by atoms with Crippen LogP contribution in [0.15, 0.2) is 16.8 Å². The summed E-state index contributed by atoms with van der Waals surface area (Å²) in [5.74, 6) is 0.869. The number of nitrogens with zero attached hydrogens (tertiary/aromatic N) is 3. The second kappa shape index (κ2) is 5.23. The zero-order valence-corrected chi connectivity index (χ0v) is 12.9. The fourth-order valence-corrected chi connectivity index (χ4v) is 3.72. The molecule has 110 valence electrons. The first kappa shape index (κ1) is 14.2. The lowest BCUT2D eigenvalue weighted by Crippen LogP contribution is -2.27. The van der Waals surface area contributed by atoms with E-state index in [1.165, 1.54) is 11.8 Å². The molecular formula is C14H18N6S.